The molecule has 19 heavy (non-hydrogen) atoms. The summed E-state index contributed by atoms with van der Waals surface area (Å²) in [5, 5.41) is 14.3. The van der Waals surface area contributed by atoms with Crippen molar-refractivity contribution >= 4 is 5.97 Å². The van der Waals surface area contributed by atoms with Gasteiger partial charge in [0.2, 0.25) is 5.76 Å². The average molecular weight is 264 g/mol. The highest BCUT2D eigenvalue weighted by atomic mass is 16.5. The van der Waals surface area contributed by atoms with Gasteiger partial charge < -0.3 is 14.3 Å². The van der Waals surface area contributed by atoms with Crippen molar-refractivity contribution in [3.63, 3.8) is 0 Å². The molecule has 0 amide bonds. The molecule has 2 rings (SSSR count). The molecule has 0 fully saturated rings. The van der Waals surface area contributed by atoms with E-state index in [0.29, 0.717) is 5.56 Å². The van der Waals surface area contributed by atoms with Crippen LogP contribution in [0.25, 0.3) is 0 Å². The van der Waals surface area contributed by atoms with E-state index >= 15 is 0 Å². The summed E-state index contributed by atoms with van der Waals surface area (Å²) in [4.78, 5) is 11.3. The number of hydrogen-bond donors (Lipinski definition) is 1. The maximum absolute atomic E-state index is 11.3. The Morgan fingerprint density at radius 2 is 2.37 bits per heavy atom. The van der Waals surface area contributed by atoms with Gasteiger partial charge in [-0.3, -0.25) is 4.68 Å². The van der Waals surface area contributed by atoms with Gasteiger partial charge in [0.15, 0.2) is 0 Å². The number of carbonyl (C=O) groups is 1. The lowest BCUT2D eigenvalue weighted by molar-refractivity contribution is 0.0558. The van der Waals surface area contributed by atoms with Gasteiger partial charge in [0, 0.05) is 18.3 Å². The van der Waals surface area contributed by atoms with Crippen LogP contribution >= 0.6 is 0 Å². The summed E-state index contributed by atoms with van der Waals surface area (Å²) >= 11 is 0. The van der Waals surface area contributed by atoms with E-state index < -0.39 is 12.1 Å². The topological polar surface area (TPSA) is 77.5 Å². The quantitative estimate of drug-likeness (QED) is 0.832. The SMILES string of the molecule is CCCn1cc(C(O)c2ccc(C(=O)OC)o2)cn1. The first kappa shape index (κ1) is 13.4. The normalized spacial score (nSPS) is 12.4. The van der Waals surface area contributed by atoms with Crippen molar-refractivity contribution in [2.24, 2.45) is 0 Å². The molecular weight excluding hydrogens is 248 g/mol. The third-order valence-corrected chi connectivity index (χ3v) is 2.70. The van der Waals surface area contributed by atoms with E-state index in [1.54, 1.807) is 23.1 Å². The van der Waals surface area contributed by atoms with E-state index in [9.17, 15) is 9.90 Å². The Morgan fingerprint density at radius 1 is 1.58 bits per heavy atom. The average Bonchev–Trinajstić information content (AvgIpc) is 3.06. The molecule has 0 radical (unpaired) electrons. The van der Waals surface area contributed by atoms with Gasteiger partial charge in [-0.05, 0) is 18.6 Å². The smallest absolute Gasteiger partial charge is 0.373 e. The van der Waals surface area contributed by atoms with Crippen LogP contribution in [0.5, 0.6) is 0 Å². The number of aryl methyl sites for hydroxylation is 1. The highest BCUT2D eigenvalue weighted by Crippen LogP contribution is 2.23. The van der Waals surface area contributed by atoms with E-state index in [1.165, 1.54) is 13.2 Å². The number of aromatic nitrogens is 2. The van der Waals surface area contributed by atoms with Crippen LogP contribution < -0.4 is 0 Å². The second kappa shape index (κ2) is 5.71. The van der Waals surface area contributed by atoms with Crippen LogP contribution in [0.15, 0.2) is 28.9 Å². The Bertz CT molecular complexity index is 558. The van der Waals surface area contributed by atoms with Crippen molar-refractivity contribution in [2.45, 2.75) is 26.0 Å². The predicted molar refractivity (Wildman–Crippen MR) is 66.6 cm³/mol. The van der Waals surface area contributed by atoms with Crippen molar-refractivity contribution in [1.82, 2.24) is 9.78 Å². The number of rotatable bonds is 5. The number of ether oxygens (including phenoxy) is 1. The molecule has 0 saturated heterocycles. The van der Waals surface area contributed by atoms with Crippen LogP contribution in [-0.2, 0) is 11.3 Å². The van der Waals surface area contributed by atoms with Crippen LogP contribution in [0.4, 0.5) is 0 Å². The van der Waals surface area contributed by atoms with Gasteiger partial charge in [-0.15, -0.1) is 0 Å². The Morgan fingerprint density at radius 3 is 3.05 bits per heavy atom. The molecule has 1 atom stereocenters. The second-order valence-electron chi connectivity index (χ2n) is 4.13. The molecule has 2 aromatic heterocycles. The molecule has 0 bridgehead atoms. The zero-order chi connectivity index (χ0) is 13.8. The zero-order valence-electron chi connectivity index (χ0n) is 10.9. The lowest BCUT2D eigenvalue weighted by atomic mass is 10.1. The fourth-order valence-corrected chi connectivity index (χ4v) is 1.75. The van der Waals surface area contributed by atoms with Crippen molar-refractivity contribution in [1.29, 1.82) is 0 Å². The largest absolute Gasteiger partial charge is 0.463 e. The molecule has 2 heterocycles. The highest BCUT2D eigenvalue weighted by Gasteiger charge is 2.19. The molecule has 2 aromatic rings. The van der Waals surface area contributed by atoms with Crippen molar-refractivity contribution in [3.05, 3.63) is 41.6 Å². The first-order valence-corrected chi connectivity index (χ1v) is 6.04. The predicted octanol–water partition coefficient (Wildman–Crippen LogP) is 1.75. The number of carbonyl (C=O) groups excluding carboxylic acids is 1. The van der Waals surface area contributed by atoms with Gasteiger partial charge in [0.25, 0.3) is 0 Å². The fraction of sp³-hybridized carbons (Fsp3) is 0.385. The zero-order valence-corrected chi connectivity index (χ0v) is 10.9. The number of aliphatic hydroxyl groups is 1. The molecule has 6 nitrogen and oxygen atoms in total. The number of aliphatic hydroxyl groups excluding tert-OH is 1. The van der Waals surface area contributed by atoms with Gasteiger partial charge >= 0.3 is 5.97 Å². The molecule has 0 aliphatic heterocycles. The number of nitrogens with zero attached hydrogens (tertiary/aromatic N) is 2. The minimum atomic E-state index is -0.941. The molecule has 0 aromatic carbocycles. The van der Waals surface area contributed by atoms with E-state index in [2.05, 4.69) is 9.84 Å². The summed E-state index contributed by atoms with van der Waals surface area (Å²) in [7, 11) is 1.27. The molecular formula is C13H16N2O4. The summed E-state index contributed by atoms with van der Waals surface area (Å²) in [6.45, 7) is 2.84. The summed E-state index contributed by atoms with van der Waals surface area (Å²) in [5.74, 6) is -0.214. The monoisotopic (exact) mass is 264 g/mol. The van der Waals surface area contributed by atoms with Gasteiger partial charge in [-0.2, -0.15) is 5.10 Å². The summed E-state index contributed by atoms with van der Waals surface area (Å²) in [6, 6.07) is 3.02. The highest BCUT2D eigenvalue weighted by molar-refractivity contribution is 5.86. The molecule has 102 valence electrons. The Kier molecular flexibility index (Phi) is 4.01. The maximum Gasteiger partial charge on any atom is 0.373 e. The Balaban J connectivity index is 2.16. The van der Waals surface area contributed by atoms with Crippen molar-refractivity contribution in [2.75, 3.05) is 7.11 Å². The first-order chi connectivity index (χ1) is 9.15. The van der Waals surface area contributed by atoms with Crippen LogP contribution in [0, 0.1) is 0 Å². The standard InChI is InChI=1S/C13H16N2O4/c1-3-6-15-8-9(7-14-15)12(16)10-4-5-11(19-10)13(17)18-2/h4-5,7-8,12,16H,3,6H2,1-2H3. The summed E-state index contributed by atoms with van der Waals surface area (Å²) in [6.07, 6.45) is 3.36. The molecule has 0 aliphatic carbocycles. The minimum absolute atomic E-state index is 0.0671. The fourth-order valence-electron chi connectivity index (χ4n) is 1.75. The van der Waals surface area contributed by atoms with Crippen LogP contribution in [0.1, 0.15) is 41.3 Å². The van der Waals surface area contributed by atoms with Gasteiger partial charge in [0.1, 0.15) is 11.9 Å². The van der Waals surface area contributed by atoms with E-state index in [-0.39, 0.29) is 11.5 Å². The number of hydrogen-bond acceptors (Lipinski definition) is 5. The molecule has 0 aliphatic rings. The third kappa shape index (κ3) is 2.85. The van der Waals surface area contributed by atoms with Gasteiger partial charge in [0.05, 0.1) is 13.3 Å². The van der Waals surface area contributed by atoms with Crippen molar-refractivity contribution in [3.8, 4) is 0 Å². The molecule has 1 unspecified atom stereocenters. The number of furan rings is 1. The summed E-state index contributed by atoms with van der Waals surface area (Å²) in [5.41, 5.74) is 0.624. The Labute approximate surface area is 110 Å². The first-order valence-electron chi connectivity index (χ1n) is 6.04. The number of methoxy groups -OCH3 is 1. The lowest BCUT2D eigenvalue weighted by Crippen LogP contribution is -2.00. The molecule has 0 spiro atoms. The molecule has 1 N–H and O–H groups in total. The third-order valence-electron chi connectivity index (χ3n) is 2.70. The second-order valence-corrected chi connectivity index (χ2v) is 4.13. The van der Waals surface area contributed by atoms with E-state index in [0.717, 1.165) is 13.0 Å². The van der Waals surface area contributed by atoms with Gasteiger partial charge in [-0.25, -0.2) is 4.79 Å². The maximum atomic E-state index is 11.3. The molecule has 6 heteroatoms. The van der Waals surface area contributed by atoms with Gasteiger partial charge in [-0.1, -0.05) is 6.92 Å². The minimum Gasteiger partial charge on any atom is -0.463 e. The van der Waals surface area contributed by atoms with E-state index in [4.69, 9.17) is 4.42 Å². The Hall–Kier alpha value is -2.08. The number of esters is 1. The van der Waals surface area contributed by atoms with E-state index in [1.807, 2.05) is 6.92 Å². The lowest BCUT2D eigenvalue weighted by Gasteiger charge is -2.04. The van der Waals surface area contributed by atoms with Crippen LogP contribution in [0.3, 0.4) is 0 Å². The van der Waals surface area contributed by atoms with Crippen LogP contribution in [0.2, 0.25) is 0 Å². The molecule has 0 saturated carbocycles. The van der Waals surface area contributed by atoms with Crippen molar-refractivity contribution < 1.29 is 19.1 Å². The summed E-state index contributed by atoms with van der Waals surface area (Å²) < 4.78 is 11.6. The van der Waals surface area contributed by atoms with Crippen LogP contribution in [-0.4, -0.2) is 28.0 Å².